The van der Waals surface area contributed by atoms with E-state index >= 15 is 0 Å². The Hall–Kier alpha value is -3.66. The third-order valence-electron chi connectivity index (χ3n) is 4.51. The highest BCUT2D eigenvalue weighted by Crippen LogP contribution is 2.35. The third kappa shape index (κ3) is 3.58. The molecule has 0 N–H and O–H groups in total. The summed E-state index contributed by atoms with van der Waals surface area (Å²) in [5, 5.41) is 0. The number of hydrogen-bond donors (Lipinski definition) is 0. The third-order valence-corrected chi connectivity index (χ3v) is 4.51. The normalized spacial score (nSPS) is 13.9. The van der Waals surface area contributed by atoms with Crippen LogP contribution >= 0.6 is 0 Å². The molecule has 0 amide bonds. The van der Waals surface area contributed by atoms with Gasteiger partial charge in [0.2, 0.25) is 5.78 Å². The number of fused-ring (bicyclic) bond motifs is 1. The van der Waals surface area contributed by atoms with Gasteiger partial charge in [0.1, 0.15) is 11.5 Å². The highest BCUT2D eigenvalue weighted by molar-refractivity contribution is 6.14. The first-order valence-corrected chi connectivity index (χ1v) is 8.93. The van der Waals surface area contributed by atoms with Crippen LogP contribution in [0.3, 0.4) is 0 Å². The van der Waals surface area contributed by atoms with Gasteiger partial charge in [-0.3, -0.25) is 4.79 Å². The maximum atomic E-state index is 12.6. The minimum atomic E-state index is -0.459. The first kappa shape index (κ1) is 17.7. The molecule has 4 nitrogen and oxygen atoms in total. The number of hydrogen-bond acceptors (Lipinski definition) is 4. The molecule has 0 unspecified atom stereocenters. The topological polar surface area (TPSA) is 52.6 Å². The van der Waals surface area contributed by atoms with Crippen LogP contribution in [0.25, 0.3) is 6.08 Å². The van der Waals surface area contributed by atoms with E-state index in [1.165, 1.54) is 0 Å². The van der Waals surface area contributed by atoms with Gasteiger partial charge in [0.15, 0.2) is 5.76 Å². The molecule has 0 aromatic heterocycles. The smallest absolute Gasteiger partial charge is 0.343 e. The molecule has 3 aromatic rings. The van der Waals surface area contributed by atoms with E-state index in [0.29, 0.717) is 22.6 Å². The number of aryl methyl sites for hydroxylation is 2. The SMILES string of the molecule is Cc1ccc(C=C2Oc3cc(OC(=O)c4ccc(C)cc4)ccc3C2=O)cc1. The molecule has 4 heteroatoms. The van der Waals surface area contributed by atoms with Crippen molar-refractivity contribution in [1.29, 1.82) is 0 Å². The number of Topliss-reactive ketones (excluding diaryl/α,β-unsaturated/α-hetero) is 1. The minimum absolute atomic E-state index is 0.188. The second kappa shape index (κ2) is 7.16. The van der Waals surface area contributed by atoms with Crippen LogP contribution in [0.15, 0.2) is 72.5 Å². The molecule has 0 fully saturated rings. The molecular formula is C24H18O4. The lowest BCUT2D eigenvalue weighted by Gasteiger charge is -2.06. The molecule has 1 aliphatic rings. The summed E-state index contributed by atoms with van der Waals surface area (Å²) in [6.45, 7) is 3.95. The maximum Gasteiger partial charge on any atom is 0.343 e. The fourth-order valence-electron chi connectivity index (χ4n) is 2.90. The Morgan fingerprint density at radius 3 is 2.21 bits per heavy atom. The highest BCUT2D eigenvalue weighted by Gasteiger charge is 2.28. The summed E-state index contributed by atoms with van der Waals surface area (Å²) in [6, 6.07) is 19.7. The van der Waals surface area contributed by atoms with E-state index in [9.17, 15) is 9.59 Å². The van der Waals surface area contributed by atoms with Crippen molar-refractivity contribution in [3.8, 4) is 11.5 Å². The summed E-state index contributed by atoms with van der Waals surface area (Å²) in [5.41, 5.74) is 4.00. The average Bonchev–Trinajstić information content (AvgIpc) is 2.99. The Kier molecular flexibility index (Phi) is 4.53. The molecule has 0 atom stereocenters. The Balaban J connectivity index is 1.54. The molecule has 0 saturated heterocycles. The average molecular weight is 370 g/mol. The van der Waals surface area contributed by atoms with Gasteiger partial charge < -0.3 is 9.47 Å². The molecule has 0 aliphatic carbocycles. The fraction of sp³-hybridized carbons (Fsp3) is 0.0833. The number of ether oxygens (including phenoxy) is 2. The van der Waals surface area contributed by atoms with Crippen LogP contribution in [0, 0.1) is 13.8 Å². The van der Waals surface area contributed by atoms with Gasteiger partial charge >= 0.3 is 5.97 Å². The van der Waals surface area contributed by atoms with E-state index in [1.807, 2.05) is 50.2 Å². The molecule has 0 bridgehead atoms. The number of carbonyl (C=O) groups is 2. The minimum Gasteiger partial charge on any atom is -0.452 e. The van der Waals surface area contributed by atoms with Crippen LogP contribution in [0.4, 0.5) is 0 Å². The number of rotatable bonds is 3. The van der Waals surface area contributed by atoms with Crippen molar-refractivity contribution >= 4 is 17.8 Å². The first-order valence-electron chi connectivity index (χ1n) is 8.93. The molecule has 0 spiro atoms. The molecule has 4 rings (SSSR count). The zero-order valence-electron chi connectivity index (χ0n) is 15.6. The lowest BCUT2D eigenvalue weighted by Crippen LogP contribution is -2.08. The number of carbonyl (C=O) groups excluding carboxylic acids is 2. The predicted molar refractivity (Wildman–Crippen MR) is 107 cm³/mol. The van der Waals surface area contributed by atoms with Crippen LogP contribution < -0.4 is 9.47 Å². The van der Waals surface area contributed by atoms with Gasteiger partial charge in [-0.15, -0.1) is 0 Å². The van der Waals surface area contributed by atoms with Crippen LogP contribution in [0.5, 0.6) is 11.5 Å². The van der Waals surface area contributed by atoms with Crippen LogP contribution in [0.2, 0.25) is 0 Å². The van der Waals surface area contributed by atoms with E-state index in [-0.39, 0.29) is 11.5 Å². The van der Waals surface area contributed by atoms with Crippen molar-refractivity contribution in [2.75, 3.05) is 0 Å². The van der Waals surface area contributed by atoms with Gasteiger partial charge in [-0.05, 0) is 49.8 Å². The van der Waals surface area contributed by atoms with E-state index in [2.05, 4.69) is 0 Å². The van der Waals surface area contributed by atoms with Gasteiger partial charge in [0, 0.05) is 6.07 Å². The Morgan fingerprint density at radius 1 is 0.893 bits per heavy atom. The molecule has 0 radical (unpaired) electrons. The van der Waals surface area contributed by atoms with Gasteiger partial charge in [-0.2, -0.15) is 0 Å². The Morgan fingerprint density at radius 2 is 1.54 bits per heavy atom. The number of benzene rings is 3. The van der Waals surface area contributed by atoms with E-state index in [1.54, 1.807) is 36.4 Å². The summed E-state index contributed by atoms with van der Waals surface area (Å²) < 4.78 is 11.1. The second-order valence-corrected chi connectivity index (χ2v) is 6.76. The van der Waals surface area contributed by atoms with Crippen LogP contribution in [-0.2, 0) is 0 Å². The van der Waals surface area contributed by atoms with E-state index in [0.717, 1.165) is 16.7 Å². The highest BCUT2D eigenvalue weighted by atomic mass is 16.5. The zero-order valence-corrected chi connectivity index (χ0v) is 15.6. The number of esters is 1. The molecule has 0 saturated carbocycles. The lowest BCUT2D eigenvalue weighted by atomic mass is 10.1. The summed E-state index contributed by atoms with van der Waals surface area (Å²) in [5.74, 6) is 0.318. The summed E-state index contributed by atoms with van der Waals surface area (Å²) >= 11 is 0. The van der Waals surface area contributed by atoms with Crippen LogP contribution in [-0.4, -0.2) is 11.8 Å². The second-order valence-electron chi connectivity index (χ2n) is 6.76. The van der Waals surface area contributed by atoms with Crippen molar-refractivity contribution in [1.82, 2.24) is 0 Å². The number of ketones is 1. The standard InChI is InChI=1S/C24H18O4/c1-15-3-7-17(8-4-15)13-22-23(25)20-12-11-19(14-21(20)28-22)27-24(26)18-9-5-16(2)6-10-18/h3-14H,1-2H3. The largest absolute Gasteiger partial charge is 0.452 e. The molecule has 138 valence electrons. The van der Waals surface area contributed by atoms with Gasteiger partial charge in [0.05, 0.1) is 11.1 Å². The summed E-state index contributed by atoms with van der Waals surface area (Å²) in [4.78, 5) is 24.8. The van der Waals surface area contributed by atoms with Crippen molar-refractivity contribution < 1.29 is 19.1 Å². The van der Waals surface area contributed by atoms with E-state index < -0.39 is 5.97 Å². The predicted octanol–water partition coefficient (Wildman–Crippen LogP) is 5.14. The Bertz CT molecular complexity index is 1090. The maximum absolute atomic E-state index is 12.6. The van der Waals surface area contributed by atoms with Crippen LogP contribution in [0.1, 0.15) is 37.4 Å². The van der Waals surface area contributed by atoms with Gasteiger partial charge in [-0.25, -0.2) is 4.79 Å². The van der Waals surface area contributed by atoms with Gasteiger partial charge in [-0.1, -0.05) is 47.5 Å². The van der Waals surface area contributed by atoms with Gasteiger partial charge in [0.25, 0.3) is 0 Å². The molecular weight excluding hydrogens is 352 g/mol. The van der Waals surface area contributed by atoms with Crippen molar-refractivity contribution in [2.45, 2.75) is 13.8 Å². The molecule has 1 aliphatic heterocycles. The molecule has 28 heavy (non-hydrogen) atoms. The summed E-state index contributed by atoms with van der Waals surface area (Å²) in [6.07, 6.45) is 1.71. The monoisotopic (exact) mass is 370 g/mol. The van der Waals surface area contributed by atoms with E-state index in [4.69, 9.17) is 9.47 Å². The zero-order chi connectivity index (χ0) is 19.7. The molecule has 1 heterocycles. The van der Waals surface area contributed by atoms with Crippen molar-refractivity contribution in [3.05, 3.63) is 100 Å². The lowest BCUT2D eigenvalue weighted by molar-refractivity contribution is 0.0734. The number of allylic oxidation sites excluding steroid dienone is 1. The van der Waals surface area contributed by atoms with Crippen molar-refractivity contribution in [2.24, 2.45) is 0 Å². The molecule has 3 aromatic carbocycles. The quantitative estimate of drug-likeness (QED) is 0.364. The van der Waals surface area contributed by atoms with Crippen molar-refractivity contribution in [3.63, 3.8) is 0 Å². The Labute approximate surface area is 163 Å². The first-order chi connectivity index (χ1) is 13.5. The summed E-state index contributed by atoms with van der Waals surface area (Å²) in [7, 11) is 0. The fourth-order valence-corrected chi connectivity index (χ4v) is 2.90.